The van der Waals surface area contributed by atoms with Crippen molar-refractivity contribution in [2.75, 3.05) is 0 Å². The average Bonchev–Trinajstić information content (AvgIpc) is 2.00. The first kappa shape index (κ1) is 11.3. The van der Waals surface area contributed by atoms with E-state index in [4.69, 9.17) is 0 Å². The molecule has 0 rings (SSSR count). The third-order valence-electron chi connectivity index (χ3n) is 2.34. The van der Waals surface area contributed by atoms with E-state index in [0.29, 0.717) is 5.92 Å². The van der Waals surface area contributed by atoms with Crippen molar-refractivity contribution in [3.05, 3.63) is 23.5 Å². The van der Waals surface area contributed by atoms with Crippen molar-refractivity contribution in [1.29, 1.82) is 0 Å². The molecule has 0 aromatic heterocycles. The Balaban J connectivity index is 4.34. The second-order valence-corrected chi connectivity index (χ2v) is 3.52. The summed E-state index contributed by atoms with van der Waals surface area (Å²) in [5, 5.41) is 3.24. The second-order valence-electron chi connectivity index (χ2n) is 3.52. The van der Waals surface area contributed by atoms with Crippen LogP contribution in [-0.2, 0) is 0 Å². The van der Waals surface area contributed by atoms with Crippen molar-refractivity contribution in [2.24, 2.45) is 5.92 Å². The molecule has 0 aliphatic heterocycles. The van der Waals surface area contributed by atoms with E-state index in [0.717, 1.165) is 5.70 Å². The molecule has 1 N–H and O–H groups in total. The van der Waals surface area contributed by atoms with E-state index in [1.165, 1.54) is 17.7 Å². The lowest BCUT2D eigenvalue weighted by molar-refractivity contribution is 0.640. The first-order valence-electron chi connectivity index (χ1n) is 4.58. The van der Waals surface area contributed by atoms with Crippen LogP contribution < -0.4 is 5.32 Å². The smallest absolute Gasteiger partial charge is 0.0108 e. The quantitative estimate of drug-likeness (QED) is 0.676. The Morgan fingerprint density at radius 3 is 2.17 bits per heavy atom. The standard InChI is InChI=1S/C11H21N/c1-7-9(4)10(5)11(6)12-8(2)3/h9,12H,2,7H2,1,3-6H3/b11-10-. The van der Waals surface area contributed by atoms with Gasteiger partial charge in [-0.3, -0.25) is 0 Å². The fraction of sp³-hybridized carbons (Fsp3) is 0.636. The Morgan fingerprint density at radius 1 is 1.33 bits per heavy atom. The van der Waals surface area contributed by atoms with Gasteiger partial charge in [-0.2, -0.15) is 0 Å². The fourth-order valence-corrected chi connectivity index (χ4v) is 1.09. The lowest BCUT2D eigenvalue weighted by Gasteiger charge is -2.15. The molecule has 0 saturated carbocycles. The Kier molecular flexibility index (Phi) is 4.72. The molecule has 0 saturated heterocycles. The van der Waals surface area contributed by atoms with Gasteiger partial charge < -0.3 is 5.32 Å². The molecular weight excluding hydrogens is 146 g/mol. The largest absolute Gasteiger partial charge is 0.363 e. The molecule has 0 amide bonds. The van der Waals surface area contributed by atoms with Gasteiger partial charge in [0.2, 0.25) is 0 Å². The summed E-state index contributed by atoms with van der Waals surface area (Å²) in [5.74, 6) is 0.664. The summed E-state index contributed by atoms with van der Waals surface area (Å²) < 4.78 is 0. The van der Waals surface area contributed by atoms with E-state index in [-0.39, 0.29) is 0 Å². The van der Waals surface area contributed by atoms with Gasteiger partial charge in [0.05, 0.1) is 0 Å². The van der Waals surface area contributed by atoms with Crippen LogP contribution in [0, 0.1) is 5.92 Å². The molecule has 1 atom stereocenters. The molecule has 1 nitrogen and oxygen atoms in total. The molecule has 0 aromatic carbocycles. The van der Waals surface area contributed by atoms with E-state index in [9.17, 15) is 0 Å². The summed E-state index contributed by atoms with van der Waals surface area (Å²) in [6.45, 7) is 14.5. The SMILES string of the molecule is C=C(C)N/C(C)=C(/C)C(C)CC. The molecule has 1 heteroatoms. The number of allylic oxidation sites excluding steroid dienone is 3. The van der Waals surface area contributed by atoms with Crippen LogP contribution in [0.2, 0.25) is 0 Å². The van der Waals surface area contributed by atoms with Crippen LogP contribution in [0.3, 0.4) is 0 Å². The number of nitrogens with one attached hydrogen (secondary N) is 1. The number of rotatable bonds is 4. The monoisotopic (exact) mass is 167 g/mol. The van der Waals surface area contributed by atoms with Gasteiger partial charge in [-0.25, -0.2) is 0 Å². The van der Waals surface area contributed by atoms with Crippen LogP contribution in [0.15, 0.2) is 23.5 Å². The minimum atomic E-state index is 0.664. The second kappa shape index (κ2) is 5.02. The first-order chi connectivity index (χ1) is 5.49. The predicted molar refractivity (Wildman–Crippen MR) is 55.8 cm³/mol. The lowest BCUT2D eigenvalue weighted by atomic mass is 9.98. The summed E-state index contributed by atoms with van der Waals surface area (Å²) >= 11 is 0. The summed E-state index contributed by atoms with van der Waals surface area (Å²) in [5.41, 5.74) is 3.69. The normalized spacial score (nSPS) is 15.1. The molecule has 0 aromatic rings. The van der Waals surface area contributed by atoms with E-state index in [1.54, 1.807) is 0 Å². The van der Waals surface area contributed by atoms with Crippen LogP contribution in [0.1, 0.15) is 41.0 Å². The number of hydrogen-bond donors (Lipinski definition) is 1. The lowest BCUT2D eigenvalue weighted by Crippen LogP contribution is -2.11. The zero-order chi connectivity index (χ0) is 9.72. The maximum Gasteiger partial charge on any atom is 0.0108 e. The minimum absolute atomic E-state index is 0.664. The third-order valence-corrected chi connectivity index (χ3v) is 2.34. The van der Waals surface area contributed by atoms with Crippen molar-refractivity contribution in [3.63, 3.8) is 0 Å². The molecule has 1 unspecified atom stereocenters. The highest BCUT2D eigenvalue weighted by molar-refractivity contribution is 5.14. The van der Waals surface area contributed by atoms with Crippen molar-refractivity contribution < 1.29 is 0 Å². The molecule has 0 radical (unpaired) electrons. The van der Waals surface area contributed by atoms with Gasteiger partial charge in [-0.1, -0.05) is 26.0 Å². The summed E-state index contributed by atoms with van der Waals surface area (Å²) in [6.07, 6.45) is 1.20. The molecule has 0 spiro atoms. The zero-order valence-corrected chi connectivity index (χ0v) is 8.99. The van der Waals surface area contributed by atoms with Crippen LogP contribution in [0.4, 0.5) is 0 Å². The zero-order valence-electron chi connectivity index (χ0n) is 8.99. The predicted octanol–water partition coefficient (Wildman–Crippen LogP) is 3.45. The van der Waals surface area contributed by atoms with E-state index in [2.05, 4.69) is 39.6 Å². The van der Waals surface area contributed by atoms with Gasteiger partial charge in [-0.15, -0.1) is 0 Å². The molecule has 12 heavy (non-hydrogen) atoms. The fourth-order valence-electron chi connectivity index (χ4n) is 1.09. The Morgan fingerprint density at radius 2 is 1.83 bits per heavy atom. The maximum atomic E-state index is 3.82. The van der Waals surface area contributed by atoms with Gasteiger partial charge in [0.15, 0.2) is 0 Å². The molecule has 0 fully saturated rings. The number of hydrogen-bond acceptors (Lipinski definition) is 1. The highest BCUT2D eigenvalue weighted by Crippen LogP contribution is 2.16. The molecule has 70 valence electrons. The first-order valence-corrected chi connectivity index (χ1v) is 4.58. The third kappa shape index (κ3) is 3.61. The Hall–Kier alpha value is -0.720. The van der Waals surface area contributed by atoms with Crippen LogP contribution >= 0.6 is 0 Å². The van der Waals surface area contributed by atoms with Crippen molar-refractivity contribution >= 4 is 0 Å². The molecule has 0 aliphatic rings. The van der Waals surface area contributed by atoms with Crippen molar-refractivity contribution in [1.82, 2.24) is 5.32 Å². The minimum Gasteiger partial charge on any atom is -0.363 e. The van der Waals surface area contributed by atoms with E-state index < -0.39 is 0 Å². The molecule has 0 heterocycles. The maximum absolute atomic E-state index is 3.82. The molecule has 0 bridgehead atoms. The van der Waals surface area contributed by atoms with Gasteiger partial charge in [-0.05, 0) is 33.1 Å². The molecular formula is C11H21N. The topological polar surface area (TPSA) is 12.0 Å². The van der Waals surface area contributed by atoms with Crippen LogP contribution in [-0.4, -0.2) is 0 Å². The van der Waals surface area contributed by atoms with Gasteiger partial charge in [0, 0.05) is 11.4 Å². The van der Waals surface area contributed by atoms with Crippen molar-refractivity contribution in [3.8, 4) is 0 Å². The van der Waals surface area contributed by atoms with Gasteiger partial charge >= 0.3 is 0 Å². The summed E-state index contributed by atoms with van der Waals surface area (Å²) in [6, 6.07) is 0. The van der Waals surface area contributed by atoms with Gasteiger partial charge in [0.1, 0.15) is 0 Å². The molecule has 0 aliphatic carbocycles. The summed E-state index contributed by atoms with van der Waals surface area (Å²) in [7, 11) is 0. The van der Waals surface area contributed by atoms with E-state index in [1.807, 2.05) is 6.92 Å². The Labute approximate surface area is 76.6 Å². The van der Waals surface area contributed by atoms with Crippen molar-refractivity contribution in [2.45, 2.75) is 41.0 Å². The summed E-state index contributed by atoms with van der Waals surface area (Å²) in [4.78, 5) is 0. The Bertz CT molecular complexity index is 189. The van der Waals surface area contributed by atoms with Crippen LogP contribution in [0.25, 0.3) is 0 Å². The van der Waals surface area contributed by atoms with E-state index >= 15 is 0 Å². The van der Waals surface area contributed by atoms with Crippen LogP contribution in [0.5, 0.6) is 0 Å². The van der Waals surface area contributed by atoms with Gasteiger partial charge in [0.25, 0.3) is 0 Å². The average molecular weight is 167 g/mol. The highest BCUT2D eigenvalue weighted by atomic mass is 14.9. The highest BCUT2D eigenvalue weighted by Gasteiger charge is 2.04.